The Labute approximate surface area is 173 Å². The van der Waals surface area contributed by atoms with E-state index < -0.39 is 11.7 Å². The standard InChI is InChI=1S/C22H21ClFN3O2/c1-14(2)26(3)22(29)16-6-8-17(23)19(13-16)25-21(28)15-7-9-20(18(24)12-15)27-10-4-5-11-27/h4-14H,1-3H3,(H,25,28). The van der Waals surface area contributed by atoms with Crippen molar-refractivity contribution >= 4 is 29.1 Å². The van der Waals surface area contributed by atoms with Gasteiger partial charge in [0, 0.05) is 36.6 Å². The van der Waals surface area contributed by atoms with Gasteiger partial charge in [-0.1, -0.05) is 11.6 Å². The minimum absolute atomic E-state index is 0.0259. The Kier molecular flexibility index (Phi) is 6.03. The van der Waals surface area contributed by atoms with Gasteiger partial charge in [0.1, 0.15) is 5.82 Å². The molecule has 0 fully saturated rings. The minimum atomic E-state index is -0.526. The molecular formula is C22H21ClFN3O2. The van der Waals surface area contributed by atoms with Crippen LogP contribution in [0.3, 0.4) is 0 Å². The number of hydrogen-bond donors (Lipinski definition) is 1. The highest BCUT2D eigenvalue weighted by atomic mass is 35.5. The molecule has 2 amide bonds. The van der Waals surface area contributed by atoms with Crippen LogP contribution in [0.15, 0.2) is 60.9 Å². The molecule has 150 valence electrons. The van der Waals surface area contributed by atoms with Crippen molar-refractivity contribution in [3.63, 3.8) is 0 Å². The first kappa shape index (κ1) is 20.6. The van der Waals surface area contributed by atoms with Gasteiger partial charge < -0.3 is 14.8 Å². The zero-order valence-corrected chi connectivity index (χ0v) is 17.1. The summed E-state index contributed by atoms with van der Waals surface area (Å²) in [7, 11) is 1.70. The fourth-order valence-corrected chi connectivity index (χ4v) is 2.90. The van der Waals surface area contributed by atoms with Crippen LogP contribution in [0, 0.1) is 5.82 Å². The van der Waals surface area contributed by atoms with E-state index in [4.69, 9.17) is 11.6 Å². The van der Waals surface area contributed by atoms with E-state index in [0.29, 0.717) is 11.3 Å². The fourth-order valence-electron chi connectivity index (χ4n) is 2.74. The summed E-state index contributed by atoms with van der Waals surface area (Å²) >= 11 is 6.18. The van der Waals surface area contributed by atoms with Gasteiger partial charge >= 0.3 is 0 Å². The van der Waals surface area contributed by atoms with Crippen molar-refractivity contribution in [1.29, 1.82) is 0 Å². The average molecular weight is 414 g/mol. The molecule has 0 unspecified atom stereocenters. The number of anilines is 1. The molecule has 0 radical (unpaired) electrons. The molecule has 0 aliphatic heterocycles. The quantitative estimate of drug-likeness (QED) is 0.639. The summed E-state index contributed by atoms with van der Waals surface area (Å²) in [5, 5.41) is 2.94. The van der Waals surface area contributed by atoms with Gasteiger partial charge in [0.2, 0.25) is 0 Å². The number of carbonyl (C=O) groups excluding carboxylic acids is 2. The van der Waals surface area contributed by atoms with Gasteiger partial charge in [0.05, 0.1) is 16.4 Å². The number of hydrogen-bond acceptors (Lipinski definition) is 2. The SMILES string of the molecule is CC(C)N(C)C(=O)c1ccc(Cl)c(NC(=O)c2ccc(-n3cccc3)c(F)c2)c1. The van der Waals surface area contributed by atoms with Crippen molar-refractivity contribution in [2.45, 2.75) is 19.9 Å². The predicted molar refractivity (Wildman–Crippen MR) is 112 cm³/mol. The zero-order chi connectivity index (χ0) is 21.1. The molecule has 0 atom stereocenters. The van der Waals surface area contributed by atoms with Gasteiger partial charge in [0.25, 0.3) is 11.8 Å². The highest BCUT2D eigenvalue weighted by molar-refractivity contribution is 6.34. The third-order valence-corrected chi connectivity index (χ3v) is 4.98. The lowest BCUT2D eigenvalue weighted by Gasteiger charge is -2.22. The number of halogens is 2. The molecule has 0 spiro atoms. The largest absolute Gasteiger partial charge is 0.339 e. The number of aromatic nitrogens is 1. The first-order valence-electron chi connectivity index (χ1n) is 9.09. The summed E-state index contributed by atoms with van der Waals surface area (Å²) in [6.45, 7) is 3.81. The highest BCUT2D eigenvalue weighted by Gasteiger charge is 2.17. The first-order valence-corrected chi connectivity index (χ1v) is 9.46. The van der Waals surface area contributed by atoms with Crippen molar-refractivity contribution in [3.05, 3.63) is 82.9 Å². The van der Waals surface area contributed by atoms with Crippen molar-refractivity contribution in [3.8, 4) is 5.69 Å². The van der Waals surface area contributed by atoms with E-state index in [-0.39, 0.29) is 28.2 Å². The average Bonchev–Trinajstić information content (AvgIpc) is 3.22. The molecule has 7 heteroatoms. The predicted octanol–water partition coefficient (Wildman–Crippen LogP) is 5.00. The third kappa shape index (κ3) is 4.49. The smallest absolute Gasteiger partial charge is 0.255 e. The van der Waals surface area contributed by atoms with E-state index in [1.807, 2.05) is 13.8 Å². The van der Waals surface area contributed by atoms with E-state index in [9.17, 15) is 14.0 Å². The monoisotopic (exact) mass is 413 g/mol. The van der Waals surface area contributed by atoms with Gasteiger partial charge in [-0.3, -0.25) is 9.59 Å². The Morgan fingerprint density at radius 2 is 1.72 bits per heavy atom. The van der Waals surface area contributed by atoms with Crippen LogP contribution in [0.2, 0.25) is 5.02 Å². The summed E-state index contributed by atoms with van der Waals surface area (Å²) in [6, 6.07) is 12.5. The third-order valence-electron chi connectivity index (χ3n) is 4.65. The maximum absolute atomic E-state index is 14.4. The van der Waals surface area contributed by atoms with Gasteiger partial charge in [-0.05, 0) is 62.4 Å². The number of rotatable bonds is 5. The molecular weight excluding hydrogens is 393 g/mol. The molecule has 0 saturated heterocycles. The van der Waals surface area contributed by atoms with Crippen molar-refractivity contribution in [1.82, 2.24) is 9.47 Å². The van der Waals surface area contributed by atoms with Crippen LogP contribution in [0.25, 0.3) is 5.69 Å². The number of benzene rings is 2. The molecule has 3 aromatic rings. The summed E-state index contributed by atoms with van der Waals surface area (Å²) in [4.78, 5) is 26.7. The van der Waals surface area contributed by atoms with Crippen molar-refractivity contribution in [2.75, 3.05) is 12.4 Å². The maximum Gasteiger partial charge on any atom is 0.255 e. The lowest BCUT2D eigenvalue weighted by atomic mass is 10.1. The Bertz CT molecular complexity index is 1050. The summed E-state index contributed by atoms with van der Waals surface area (Å²) in [5.74, 6) is -1.23. The molecule has 1 N–H and O–H groups in total. The molecule has 2 aromatic carbocycles. The van der Waals surface area contributed by atoms with Gasteiger partial charge in [-0.2, -0.15) is 0 Å². The molecule has 3 rings (SSSR count). The van der Waals surface area contributed by atoms with E-state index in [0.717, 1.165) is 0 Å². The molecule has 29 heavy (non-hydrogen) atoms. The van der Waals surface area contributed by atoms with Crippen LogP contribution >= 0.6 is 11.6 Å². The van der Waals surface area contributed by atoms with Crippen LogP contribution in [0.1, 0.15) is 34.6 Å². The molecule has 5 nitrogen and oxygen atoms in total. The minimum Gasteiger partial charge on any atom is -0.339 e. The summed E-state index contributed by atoms with van der Waals surface area (Å²) < 4.78 is 16.1. The Hall–Kier alpha value is -3.12. The Morgan fingerprint density at radius 3 is 2.34 bits per heavy atom. The van der Waals surface area contributed by atoms with Crippen LogP contribution in [0.5, 0.6) is 0 Å². The van der Waals surface area contributed by atoms with Crippen molar-refractivity contribution in [2.24, 2.45) is 0 Å². The second-order valence-corrected chi connectivity index (χ2v) is 7.32. The Morgan fingerprint density at radius 1 is 1.07 bits per heavy atom. The van der Waals surface area contributed by atoms with Gasteiger partial charge in [0.15, 0.2) is 0 Å². The van der Waals surface area contributed by atoms with Gasteiger partial charge in [-0.15, -0.1) is 0 Å². The second kappa shape index (κ2) is 8.49. The molecule has 0 aliphatic rings. The second-order valence-electron chi connectivity index (χ2n) is 6.92. The molecule has 0 bridgehead atoms. The van der Waals surface area contributed by atoms with Crippen LogP contribution in [0.4, 0.5) is 10.1 Å². The molecule has 1 heterocycles. The lowest BCUT2D eigenvalue weighted by Crippen LogP contribution is -2.33. The maximum atomic E-state index is 14.4. The lowest BCUT2D eigenvalue weighted by molar-refractivity contribution is 0.0754. The molecule has 0 saturated carbocycles. The topological polar surface area (TPSA) is 54.3 Å². The van der Waals surface area contributed by atoms with Crippen LogP contribution in [-0.4, -0.2) is 34.4 Å². The van der Waals surface area contributed by atoms with E-state index >= 15 is 0 Å². The summed E-state index contributed by atoms with van der Waals surface area (Å²) in [5.41, 5.74) is 1.17. The Balaban J connectivity index is 1.83. The number of amides is 2. The van der Waals surface area contributed by atoms with Crippen LogP contribution in [-0.2, 0) is 0 Å². The molecule has 0 aliphatic carbocycles. The zero-order valence-electron chi connectivity index (χ0n) is 16.3. The summed E-state index contributed by atoms with van der Waals surface area (Å²) in [6.07, 6.45) is 3.43. The number of carbonyl (C=O) groups is 2. The van der Waals surface area contributed by atoms with Crippen LogP contribution < -0.4 is 5.32 Å². The normalized spacial score (nSPS) is 10.8. The highest BCUT2D eigenvalue weighted by Crippen LogP contribution is 2.25. The fraction of sp³-hybridized carbons (Fsp3) is 0.182. The number of nitrogens with zero attached hydrogens (tertiary/aromatic N) is 2. The molecule has 1 aromatic heterocycles. The van der Waals surface area contributed by atoms with E-state index in [1.165, 1.54) is 24.3 Å². The number of nitrogens with one attached hydrogen (secondary N) is 1. The van der Waals surface area contributed by atoms with Gasteiger partial charge in [-0.25, -0.2) is 4.39 Å². The van der Waals surface area contributed by atoms with E-state index in [2.05, 4.69) is 5.32 Å². The van der Waals surface area contributed by atoms with E-state index in [1.54, 1.807) is 53.2 Å². The van der Waals surface area contributed by atoms with Crippen molar-refractivity contribution < 1.29 is 14.0 Å². The first-order chi connectivity index (χ1) is 13.8.